The molecule has 0 saturated carbocycles. The first-order valence-corrected chi connectivity index (χ1v) is 9.38. The summed E-state index contributed by atoms with van der Waals surface area (Å²) >= 11 is 0. The largest absolute Gasteiger partial charge is 0.497 e. The normalized spacial score (nSPS) is 19.5. The molecule has 3 heteroatoms. The maximum atomic E-state index is 5.25. The van der Waals surface area contributed by atoms with Crippen molar-refractivity contribution in [2.75, 3.05) is 20.7 Å². The lowest BCUT2D eigenvalue weighted by atomic mass is 9.92. The lowest BCUT2D eigenvalue weighted by molar-refractivity contribution is 0.162. The Labute approximate surface area is 152 Å². The molecular formula is C22H30N2O. The molecule has 1 aliphatic rings. The van der Waals surface area contributed by atoms with E-state index in [4.69, 9.17) is 4.74 Å². The van der Waals surface area contributed by atoms with Gasteiger partial charge in [-0.3, -0.25) is 0 Å². The number of hydrogen-bond acceptors (Lipinski definition) is 3. The minimum atomic E-state index is 0.383. The van der Waals surface area contributed by atoms with Gasteiger partial charge in [-0.05, 0) is 56.1 Å². The molecule has 0 spiro atoms. The van der Waals surface area contributed by atoms with E-state index in [-0.39, 0.29) is 0 Å². The quantitative estimate of drug-likeness (QED) is 0.810. The zero-order valence-electron chi connectivity index (χ0n) is 15.4. The molecule has 3 nitrogen and oxygen atoms in total. The molecule has 1 aliphatic heterocycles. The van der Waals surface area contributed by atoms with Crippen LogP contribution in [0.25, 0.3) is 0 Å². The van der Waals surface area contributed by atoms with Crippen LogP contribution in [0.3, 0.4) is 0 Å². The van der Waals surface area contributed by atoms with Crippen LogP contribution in [0.4, 0.5) is 0 Å². The second-order valence-corrected chi connectivity index (χ2v) is 7.06. The number of rotatable bonds is 7. The summed E-state index contributed by atoms with van der Waals surface area (Å²) in [6, 6.07) is 20.3. The topological polar surface area (TPSA) is 24.5 Å². The Morgan fingerprint density at radius 2 is 1.84 bits per heavy atom. The van der Waals surface area contributed by atoms with Gasteiger partial charge in [-0.15, -0.1) is 0 Å². The Hall–Kier alpha value is -1.84. The van der Waals surface area contributed by atoms with Gasteiger partial charge in [-0.2, -0.15) is 0 Å². The van der Waals surface area contributed by atoms with E-state index in [1.54, 1.807) is 7.11 Å². The third kappa shape index (κ3) is 5.07. The minimum absolute atomic E-state index is 0.383. The molecule has 1 fully saturated rings. The molecule has 2 unspecified atom stereocenters. The van der Waals surface area contributed by atoms with Crippen molar-refractivity contribution >= 4 is 0 Å². The van der Waals surface area contributed by atoms with Crippen LogP contribution in [0, 0.1) is 0 Å². The van der Waals surface area contributed by atoms with Crippen LogP contribution in [0.5, 0.6) is 5.75 Å². The molecule has 0 bridgehead atoms. The summed E-state index contributed by atoms with van der Waals surface area (Å²) in [7, 11) is 3.98. The Morgan fingerprint density at radius 3 is 2.52 bits per heavy atom. The number of piperidine rings is 1. The van der Waals surface area contributed by atoms with Crippen LogP contribution in [0.2, 0.25) is 0 Å². The van der Waals surface area contributed by atoms with Crippen molar-refractivity contribution in [2.45, 2.75) is 44.3 Å². The molecule has 0 aliphatic carbocycles. The van der Waals surface area contributed by atoms with E-state index >= 15 is 0 Å². The van der Waals surface area contributed by atoms with Crippen molar-refractivity contribution in [1.82, 2.24) is 10.2 Å². The number of benzene rings is 2. The van der Waals surface area contributed by atoms with Gasteiger partial charge in [0.25, 0.3) is 0 Å². The second-order valence-electron chi connectivity index (χ2n) is 7.06. The van der Waals surface area contributed by atoms with E-state index in [1.807, 2.05) is 12.1 Å². The molecule has 1 saturated heterocycles. The number of methoxy groups -OCH3 is 1. The summed E-state index contributed by atoms with van der Waals surface area (Å²) in [5.74, 6) is 0.909. The van der Waals surface area contributed by atoms with Crippen LogP contribution in [0.1, 0.15) is 42.9 Å². The molecule has 0 aromatic heterocycles. The maximum absolute atomic E-state index is 5.25. The van der Waals surface area contributed by atoms with Crippen LogP contribution in [-0.2, 0) is 6.54 Å². The zero-order chi connectivity index (χ0) is 17.5. The third-order valence-corrected chi connectivity index (χ3v) is 5.34. The molecule has 2 aromatic carbocycles. The molecule has 134 valence electrons. The van der Waals surface area contributed by atoms with Crippen LogP contribution >= 0.6 is 0 Å². The average Bonchev–Trinajstić information content (AvgIpc) is 2.67. The highest BCUT2D eigenvalue weighted by Gasteiger charge is 2.23. The third-order valence-electron chi connectivity index (χ3n) is 5.34. The summed E-state index contributed by atoms with van der Waals surface area (Å²) in [6.07, 6.45) is 5.16. The van der Waals surface area contributed by atoms with Crippen molar-refractivity contribution < 1.29 is 4.74 Å². The van der Waals surface area contributed by atoms with E-state index < -0.39 is 0 Å². The van der Waals surface area contributed by atoms with Gasteiger partial charge in [0.15, 0.2) is 0 Å². The van der Waals surface area contributed by atoms with Crippen molar-refractivity contribution in [3.63, 3.8) is 0 Å². The first-order valence-electron chi connectivity index (χ1n) is 9.38. The van der Waals surface area contributed by atoms with Gasteiger partial charge in [0, 0.05) is 18.6 Å². The van der Waals surface area contributed by atoms with Crippen molar-refractivity contribution in [3.05, 3.63) is 65.7 Å². The van der Waals surface area contributed by atoms with E-state index in [1.165, 1.54) is 36.9 Å². The number of nitrogens with zero attached hydrogens (tertiary/aromatic N) is 1. The predicted octanol–water partition coefficient (Wildman–Crippen LogP) is 4.40. The highest BCUT2D eigenvalue weighted by atomic mass is 16.5. The number of ether oxygens (including phenoxy) is 1. The zero-order valence-corrected chi connectivity index (χ0v) is 15.4. The van der Waals surface area contributed by atoms with Gasteiger partial charge in [0.1, 0.15) is 5.75 Å². The maximum Gasteiger partial charge on any atom is 0.118 e. The fraction of sp³-hybridized carbons (Fsp3) is 0.455. The van der Waals surface area contributed by atoms with Crippen LogP contribution < -0.4 is 10.1 Å². The Kier molecular flexibility index (Phi) is 6.48. The van der Waals surface area contributed by atoms with E-state index in [0.717, 1.165) is 18.7 Å². The van der Waals surface area contributed by atoms with E-state index in [9.17, 15) is 0 Å². The number of likely N-dealkylation sites (tertiary alicyclic amines) is 1. The minimum Gasteiger partial charge on any atom is -0.497 e. The summed E-state index contributed by atoms with van der Waals surface area (Å²) in [5.41, 5.74) is 2.67. The van der Waals surface area contributed by atoms with E-state index in [2.05, 4.69) is 59.7 Å². The Balaban J connectivity index is 1.67. The van der Waals surface area contributed by atoms with Gasteiger partial charge in [0.05, 0.1) is 7.11 Å². The Bertz CT molecular complexity index is 626. The SMILES string of the molecule is COc1ccc(CNC(CC2CCCCN2C)c2ccccc2)cc1. The van der Waals surface area contributed by atoms with Gasteiger partial charge in [0.2, 0.25) is 0 Å². The number of nitrogens with one attached hydrogen (secondary N) is 1. The van der Waals surface area contributed by atoms with Crippen LogP contribution in [0.15, 0.2) is 54.6 Å². The first-order chi connectivity index (χ1) is 12.3. The molecule has 3 rings (SSSR count). The molecule has 2 aromatic rings. The van der Waals surface area contributed by atoms with Gasteiger partial charge >= 0.3 is 0 Å². The van der Waals surface area contributed by atoms with Crippen molar-refractivity contribution in [2.24, 2.45) is 0 Å². The number of hydrogen-bond donors (Lipinski definition) is 1. The van der Waals surface area contributed by atoms with E-state index in [0.29, 0.717) is 12.1 Å². The fourth-order valence-corrected chi connectivity index (χ4v) is 3.72. The van der Waals surface area contributed by atoms with Gasteiger partial charge in [-0.1, -0.05) is 48.9 Å². The molecule has 0 radical (unpaired) electrons. The molecule has 2 atom stereocenters. The smallest absolute Gasteiger partial charge is 0.118 e. The van der Waals surface area contributed by atoms with Crippen molar-refractivity contribution in [3.8, 4) is 5.75 Å². The molecule has 25 heavy (non-hydrogen) atoms. The highest BCUT2D eigenvalue weighted by Crippen LogP contribution is 2.26. The average molecular weight is 338 g/mol. The summed E-state index contributed by atoms with van der Waals surface area (Å²) < 4.78 is 5.25. The highest BCUT2D eigenvalue weighted by molar-refractivity contribution is 5.27. The standard InChI is InChI=1S/C22H30N2O/c1-24-15-7-6-10-20(24)16-22(19-8-4-3-5-9-19)23-17-18-11-13-21(25-2)14-12-18/h3-5,8-9,11-14,20,22-23H,6-7,10,15-17H2,1-2H3. The molecular weight excluding hydrogens is 308 g/mol. The predicted molar refractivity (Wildman–Crippen MR) is 104 cm³/mol. The molecule has 1 N–H and O–H groups in total. The molecule has 1 heterocycles. The van der Waals surface area contributed by atoms with Gasteiger partial charge < -0.3 is 15.0 Å². The Morgan fingerprint density at radius 1 is 1.08 bits per heavy atom. The first kappa shape index (κ1) is 18.0. The monoisotopic (exact) mass is 338 g/mol. The summed E-state index contributed by atoms with van der Waals surface area (Å²) in [6.45, 7) is 2.10. The van der Waals surface area contributed by atoms with Crippen LogP contribution in [-0.4, -0.2) is 31.6 Å². The molecule has 0 amide bonds. The van der Waals surface area contributed by atoms with Crippen molar-refractivity contribution in [1.29, 1.82) is 0 Å². The lowest BCUT2D eigenvalue weighted by Gasteiger charge is -2.35. The fourth-order valence-electron chi connectivity index (χ4n) is 3.72. The lowest BCUT2D eigenvalue weighted by Crippen LogP contribution is -2.39. The summed E-state index contributed by atoms with van der Waals surface area (Å²) in [4.78, 5) is 2.54. The second kappa shape index (κ2) is 9.02. The summed E-state index contributed by atoms with van der Waals surface area (Å²) in [5, 5.41) is 3.79. The van der Waals surface area contributed by atoms with Gasteiger partial charge in [-0.25, -0.2) is 0 Å².